The van der Waals surface area contributed by atoms with Gasteiger partial charge in [0.05, 0.1) is 5.69 Å². The van der Waals surface area contributed by atoms with Crippen LogP contribution in [0.1, 0.15) is 5.69 Å². The Hall–Kier alpha value is -1.85. The maximum Gasteiger partial charge on any atom is 0.259 e. The molecular weight excluding hydrogens is 240 g/mol. The number of benzene rings is 1. The quantitative estimate of drug-likeness (QED) is 0.626. The minimum atomic E-state index is -0.201. The Bertz CT molecular complexity index is 591. The molecule has 2 rings (SSSR count). The van der Waals surface area contributed by atoms with Crippen LogP contribution in [0.5, 0.6) is 0 Å². The van der Waals surface area contributed by atoms with Crippen molar-refractivity contribution < 1.29 is 0 Å². The van der Waals surface area contributed by atoms with Gasteiger partial charge in [-0.3, -0.25) is 10.2 Å². The Labute approximate surface area is 103 Å². The number of hydrogen-bond donors (Lipinski definition) is 2. The van der Waals surface area contributed by atoms with Crippen molar-refractivity contribution in [1.82, 2.24) is 9.55 Å². The lowest BCUT2D eigenvalue weighted by molar-refractivity contribution is 0.913. The zero-order chi connectivity index (χ0) is 12.4. The molecule has 6 heteroatoms. The summed E-state index contributed by atoms with van der Waals surface area (Å²) in [5.74, 6) is 5.65. The number of rotatable bonds is 2. The Morgan fingerprint density at radius 1 is 1.35 bits per heavy atom. The molecule has 0 saturated carbocycles. The molecule has 3 N–H and O–H groups in total. The van der Waals surface area contributed by atoms with Gasteiger partial charge in [-0.25, -0.2) is 15.4 Å². The average Bonchev–Trinajstić information content (AvgIpc) is 2.30. The second-order valence-corrected chi connectivity index (χ2v) is 3.95. The van der Waals surface area contributed by atoms with Crippen LogP contribution in [-0.2, 0) is 0 Å². The number of halogens is 1. The maximum absolute atomic E-state index is 11.9. The van der Waals surface area contributed by atoms with E-state index < -0.39 is 0 Å². The first kappa shape index (κ1) is 11.6. The lowest BCUT2D eigenvalue weighted by Crippen LogP contribution is -2.25. The Morgan fingerprint density at radius 2 is 2.00 bits per heavy atom. The Kier molecular flexibility index (Phi) is 3.12. The molecule has 0 fully saturated rings. The topological polar surface area (TPSA) is 72.9 Å². The van der Waals surface area contributed by atoms with Crippen molar-refractivity contribution in [3.63, 3.8) is 0 Å². The molecule has 0 spiro atoms. The average molecular weight is 251 g/mol. The number of nitrogens with one attached hydrogen (secondary N) is 1. The van der Waals surface area contributed by atoms with Gasteiger partial charge < -0.3 is 0 Å². The van der Waals surface area contributed by atoms with Gasteiger partial charge in [0.1, 0.15) is 0 Å². The number of hydrazine groups is 1. The Morgan fingerprint density at radius 3 is 2.59 bits per heavy atom. The summed E-state index contributed by atoms with van der Waals surface area (Å²) in [6, 6.07) is 8.28. The van der Waals surface area contributed by atoms with Crippen molar-refractivity contribution in [2.24, 2.45) is 5.84 Å². The highest BCUT2D eigenvalue weighted by Crippen LogP contribution is 2.14. The molecule has 0 aliphatic rings. The van der Waals surface area contributed by atoms with Gasteiger partial charge in [-0.2, -0.15) is 0 Å². The molecule has 1 heterocycles. The van der Waals surface area contributed by atoms with Gasteiger partial charge in [-0.1, -0.05) is 11.6 Å². The van der Waals surface area contributed by atoms with E-state index in [0.717, 1.165) is 0 Å². The molecule has 0 radical (unpaired) electrons. The highest BCUT2D eigenvalue weighted by molar-refractivity contribution is 6.30. The first-order valence-corrected chi connectivity index (χ1v) is 5.33. The molecule has 0 saturated heterocycles. The lowest BCUT2D eigenvalue weighted by atomic mass is 10.3. The molecule has 2 aromatic rings. The van der Waals surface area contributed by atoms with Crippen LogP contribution in [0, 0.1) is 6.92 Å². The molecule has 17 heavy (non-hydrogen) atoms. The number of nitrogens with zero attached hydrogens (tertiary/aromatic N) is 2. The van der Waals surface area contributed by atoms with Crippen LogP contribution in [0.25, 0.3) is 5.69 Å². The van der Waals surface area contributed by atoms with Crippen molar-refractivity contribution in [2.45, 2.75) is 6.92 Å². The molecule has 0 unspecified atom stereocenters. The third-order valence-electron chi connectivity index (χ3n) is 2.26. The van der Waals surface area contributed by atoms with Crippen LogP contribution < -0.4 is 16.8 Å². The van der Waals surface area contributed by atoms with E-state index in [0.29, 0.717) is 16.4 Å². The summed E-state index contributed by atoms with van der Waals surface area (Å²) >= 11 is 5.79. The van der Waals surface area contributed by atoms with Crippen LogP contribution in [0.4, 0.5) is 5.95 Å². The number of hydrogen-bond acceptors (Lipinski definition) is 4. The highest BCUT2D eigenvalue weighted by Gasteiger charge is 2.07. The monoisotopic (exact) mass is 250 g/mol. The summed E-state index contributed by atoms with van der Waals surface area (Å²) in [5, 5.41) is 0.601. The number of aryl methyl sites for hydroxylation is 1. The lowest BCUT2D eigenvalue weighted by Gasteiger charge is -2.11. The van der Waals surface area contributed by atoms with E-state index in [1.54, 1.807) is 31.2 Å². The van der Waals surface area contributed by atoms with Crippen LogP contribution >= 0.6 is 11.6 Å². The maximum atomic E-state index is 11.9. The van der Waals surface area contributed by atoms with Crippen molar-refractivity contribution in [3.8, 4) is 5.69 Å². The van der Waals surface area contributed by atoms with Gasteiger partial charge >= 0.3 is 0 Å². The predicted molar refractivity (Wildman–Crippen MR) is 67.4 cm³/mol. The second kappa shape index (κ2) is 4.57. The zero-order valence-corrected chi connectivity index (χ0v) is 9.90. The third-order valence-corrected chi connectivity index (χ3v) is 2.51. The molecule has 0 aliphatic heterocycles. The van der Waals surface area contributed by atoms with E-state index >= 15 is 0 Å². The smallest absolute Gasteiger partial charge is 0.259 e. The first-order valence-electron chi connectivity index (χ1n) is 4.95. The summed E-state index contributed by atoms with van der Waals surface area (Å²) < 4.78 is 1.38. The third kappa shape index (κ3) is 2.30. The largest absolute Gasteiger partial charge is 0.293 e. The van der Waals surface area contributed by atoms with Crippen LogP contribution in [0.15, 0.2) is 35.1 Å². The summed E-state index contributed by atoms with van der Waals surface area (Å²) in [7, 11) is 0. The zero-order valence-electron chi connectivity index (χ0n) is 9.14. The van der Waals surface area contributed by atoms with Crippen molar-refractivity contribution in [3.05, 3.63) is 51.4 Å². The van der Waals surface area contributed by atoms with Gasteiger partial charge in [0.2, 0.25) is 5.95 Å². The molecule has 0 atom stereocenters. The Balaban J connectivity index is 2.66. The highest BCUT2D eigenvalue weighted by atomic mass is 35.5. The van der Waals surface area contributed by atoms with Gasteiger partial charge in [0.25, 0.3) is 5.56 Å². The van der Waals surface area contributed by atoms with Gasteiger partial charge in [-0.15, -0.1) is 0 Å². The standard InChI is InChI=1S/C11H11ClN4O/c1-7-6-10(17)16(11(14-7)15-13)9-4-2-8(12)3-5-9/h2-6H,13H2,1H3,(H,14,15). The molecule has 88 valence electrons. The fraction of sp³-hybridized carbons (Fsp3) is 0.0909. The second-order valence-electron chi connectivity index (χ2n) is 3.52. The van der Waals surface area contributed by atoms with E-state index in [9.17, 15) is 4.79 Å². The minimum Gasteiger partial charge on any atom is -0.293 e. The van der Waals surface area contributed by atoms with E-state index in [-0.39, 0.29) is 11.5 Å². The SMILES string of the molecule is Cc1cc(=O)n(-c2ccc(Cl)cc2)c(NN)n1. The van der Waals surface area contributed by atoms with E-state index in [1.807, 2.05) is 0 Å². The minimum absolute atomic E-state index is 0.201. The first-order chi connectivity index (χ1) is 8.11. The van der Waals surface area contributed by atoms with Gasteiger partial charge in [-0.05, 0) is 31.2 Å². The van der Waals surface area contributed by atoms with Gasteiger partial charge in [0.15, 0.2) is 0 Å². The summed E-state index contributed by atoms with van der Waals surface area (Å²) in [6.07, 6.45) is 0. The summed E-state index contributed by atoms with van der Waals surface area (Å²) in [4.78, 5) is 16.0. The van der Waals surface area contributed by atoms with Crippen molar-refractivity contribution in [1.29, 1.82) is 0 Å². The van der Waals surface area contributed by atoms with E-state index in [2.05, 4.69) is 10.4 Å². The van der Waals surface area contributed by atoms with Crippen LogP contribution in [-0.4, -0.2) is 9.55 Å². The van der Waals surface area contributed by atoms with Gasteiger partial charge in [0, 0.05) is 16.8 Å². The normalized spacial score (nSPS) is 10.3. The summed E-state index contributed by atoms with van der Waals surface area (Å²) in [6.45, 7) is 1.73. The molecule has 0 aliphatic carbocycles. The van der Waals surface area contributed by atoms with E-state index in [4.69, 9.17) is 17.4 Å². The number of aromatic nitrogens is 2. The molecule has 0 amide bonds. The van der Waals surface area contributed by atoms with Crippen molar-refractivity contribution in [2.75, 3.05) is 5.43 Å². The molecule has 0 bridgehead atoms. The molecular formula is C11H11ClN4O. The van der Waals surface area contributed by atoms with Crippen molar-refractivity contribution >= 4 is 17.5 Å². The number of anilines is 1. The fourth-order valence-corrected chi connectivity index (χ4v) is 1.66. The van der Waals surface area contributed by atoms with Crippen LogP contribution in [0.3, 0.4) is 0 Å². The summed E-state index contributed by atoms with van der Waals surface area (Å²) in [5.41, 5.74) is 3.47. The van der Waals surface area contributed by atoms with E-state index in [1.165, 1.54) is 10.6 Å². The number of nitrogens with two attached hydrogens (primary N) is 1. The predicted octanol–water partition coefficient (Wildman–Crippen LogP) is 1.48. The van der Waals surface area contributed by atoms with Crippen LogP contribution in [0.2, 0.25) is 5.02 Å². The molecule has 1 aromatic heterocycles. The molecule has 5 nitrogen and oxygen atoms in total. The fourth-order valence-electron chi connectivity index (χ4n) is 1.53. The molecule has 1 aromatic carbocycles. The number of nitrogen functional groups attached to an aromatic ring is 1.